The third-order valence-corrected chi connectivity index (χ3v) is 4.87. The van der Waals surface area contributed by atoms with Gasteiger partial charge in [-0.05, 0) is 36.2 Å². The van der Waals surface area contributed by atoms with E-state index in [2.05, 4.69) is 50.4 Å². The Kier molecular flexibility index (Phi) is 5.83. The fraction of sp³-hybridized carbons (Fsp3) is 0.684. The molecule has 1 aromatic carbocycles. The van der Waals surface area contributed by atoms with Crippen molar-refractivity contribution in [1.29, 1.82) is 0 Å². The minimum atomic E-state index is 0.167. The second-order valence-electron chi connectivity index (χ2n) is 7.60. The first-order chi connectivity index (χ1) is 10.0. The molecule has 2 nitrogen and oxygen atoms in total. The highest BCUT2D eigenvalue weighted by molar-refractivity contribution is 5.16. The van der Waals surface area contributed by atoms with E-state index in [0.29, 0.717) is 17.4 Å². The SMILES string of the molecule is CC(C)(C)C1CCCCC1N[C@H](CO)Cc1ccccc1. The molecule has 0 aliphatic heterocycles. The molecule has 2 heteroatoms. The minimum Gasteiger partial charge on any atom is -0.395 e. The monoisotopic (exact) mass is 289 g/mol. The van der Waals surface area contributed by atoms with E-state index in [1.54, 1.807) is 0 Å². The van der Waals surface area contributed by atoms with E-state index in [1.807, 2.05) is 6.07 Å². The highest BCUT2D eigenvalue weighted by atomic mass is 16.3. The van der Waals surface area contributed by atoms with Crippen LogP contribution in [0.15, 0.2) is 30.3 Å². The van der Waals surface area contributed by atoms with Crippen molar-refractivity contribution < 1.29 is 5.11 Å². The predicted octanol–water partition coefficient (Wildman–Crippen LogP) is 3.78. The summed E-state index contributed by atoms with van der Waals surface area (Å²) in [4.78, 5) is 0. The Morgan fingerprint density at radius 1 is 1.14 bits per heavy atom. The zero-order valence-electron chi connectivity index (χ0n) is 13.8. The van der Waals surface area contributed by atoms with Crippen LogP contribution in [0.1, 0.15) is 52.0 Å². The summed E-state index contributed by atoms with van der Waals surface area (Å²) in [5.74, 6) is 0.705. The average molecular weight is 289 g/mol. The molecule has 0 spiro atoms. The van der Waals surface area contributed by atoms with Gasteiger partial charge in [0, 0.05) is 12.1 Å². The van der Waals surface area contributed by atoms with Crippen LogP contribution in [0.2, 0.25) is 0 Å². The summed E-state index contributed by atoms with van der Waals surface area (Å²) < 4.78 is 0. The molecular weight excluding hydrogens is 258 g/mol. The van der Waals surface area contributed by atoms with Crippen molar-refractivity contribution in [2.75, 3.05) is 6.61 Å². The second kappa shape index (κ2) is 7.42. The molecule has 1 aliphatic carbocycles. The molecule has 2 unspecified atom stereocenters. The summed E-state index contributed by atoms with van der Waals surface area (Å²) in [6.45, 7) is 7.26. The van der Waals surface area contributed by atoms with Crippen LogP contribution in [0, 0.1) is 11.3 Å². The first-order valence-corrected chi connectivity index (χ1v) is 8.41. The molecule has 0 amide bonds. The van der Waals surface area contributed by atoms with E-state index in [4.69, 9.17) is 0 Å². The quantitative estimate of drug-likeness (QED) is 0.864. The molecule has 0 aromatic heterocycles. The van der Waals surface area contributed by atoms with E-state index in [0.717, 1.165) is 6.42 Å². The van der Waals surface area contributed by atoms with E-state index in [-0.39, 0.29) is 12.6 Å². The fourth-order valence-corrected chi connectivity index (χ4v) is 3.74. The van der Waals surface area contributed by atoms with E-state index in [1.165, 1.54) is 31.2 Å². The van der Waals surface area contributed by atoms with Crippen LogP contribution in [0.25, 0.3) is 0 Å². The van der Waals surface area contributed by atoms with Gasteiger partial charge in [-0.3, -0.25) is 0 Å². The summed E-state index contributed by atoms with van der Waals surface area (Å²) >= 11 is 0. The highest BCUT2D eigenvalue weighted by Crippen LogP contribution is 2.38. The number of hydrogen-bond donors (Lipinski definition) is 2. The summed E-state index contributed by atoms with van der Waals surface area (Å²) in [6.07, 6.45) is 6.12. The Bertz CT molecular complexity index is 409. The van der Waals surface area contributed by atoms with Gasteiger partial charge in [0.1, 0.15) is 0 Å². The highest BCUT2D eigenvalue weighted by Gasteiger charge is 2.34. The van der Waals surface area contributed by atoms with Gasteiger partial charge in [-0.2, -0.15) is 0 Å². The van der Waals surface area contributed by atoms with Gasteiger partial charge in [0.05, 0.1) is 6.61 Å². The first kappa shape index (κ1) is 16.5. The molecule has 0 heterocycles. The largest absolute Gasteiger partial charge is 0.395 e. The van der Waals surface area contributed by atoms with Gasteiger partial charge in [-0.15, -0.1) is 0 Å². The zero-order chi connectivity index (χ0) is 15.3. The molecule has 21 heavy (non-hydrogen) atoms. The molecule has 0 bridgehead atoms. The van der Waals surface area contributed by atoms with Gasteiger partial charge in [-0.25, -0.2) is 0 Å². The van der Waals surface area contributed by atoms with Crippen molar-refractivity contribution in [2.24, 2.45) is 11.3 Å². The van der Waals surface area contributed by atoms with Crippen LogP contribution >= 0.6 is 0 Å². The molecule has 1 saturated carbocycles. The topological polar surface area (TPSA) is 32.3 Å². The van der Waals surface area contributed by atoms with Crippen LogP contribution in [0.5, 0.6) is 0 Å². The summed E-state index contributed by atoms with van der Waals surface area (Å²) in [5, 5.41) is 13.5. The minimum absolute atomic E-state index is 0.167. The molecule has 1 aromatic rings. The standard InChI is InChI=1S/C19H31NO/c1-19(2,3)17-11-7-8-12-18(17)20-16(14-21)13-15-9-5-4-6-10-15/h4-6,9-10,16-18,20-21H,7-8,11-14H2,1-3H3/t16-,17?,18?/m0/s1. The molecule has 1 aliphatic rings. The Balaban J connectivity index is 1.99. The summed E-state index contributed by atoms with van der Waals surface area (Å²) in [6, 6.07) is 11.2. The van der Waals surface area contributed by atoms with Gasteiger partial charge in [0.2, 0.25) is 0 Å². The lowest BCUT2D eigenvalue weighted by Gasteiger charge is -2.42. The Labute approximate surface area is 130 Å². The molecule has 0 saturated heterocycles. The number of benzene rings is 1. The maximum absolute atomic E-state index is 9.74. The maximum Gasteiger partial charge on any atom is 0.0587 e. The lowest BCUT2D eigenvalue weighted by Crippen LogP contribution is -2.50. The van der Waals surface area contributed by atoms with Crippen molar-refractivity contribution in [1.82, 2.24) is 5.32 Å². The van der Waals surface area contributed by atoms with Gasteiger partial charge in [0.15, 0.2) is 0 Å². The Morgan fingerprint density at radius 3 is 2.43 bits per heavy atom. The zero-order valence-corrected chi connectivity index (χ0v) is 13.8. The van der Waals surface area contributed by atoms with Crippen molar-refractivity contribution >= 4 is 0 Å². The average Bonchev–Trinajstić information content (AvgIpc) is 2.47. The molecule has 0 radical (unpaired) electrons. The number of nitrogens with one attached hydrogen (secondary N) is 1. The van der Waals surface area contributed by atoms with Crippen LogP contribution in [0.4, 0.5) is 0 Å². The maximum atomic E-state index is 9.74. The number of aliphatic hydroxyl groups excluding tert-OH is 1. The normalized spacial score (nSPS) is 24.8. The van der Waals surface area contributed by atoms with Gasteiger partial charge >= 0.3 is 0 Å². The number of rotatable bonds is 5. The van der Waals surface area contributed by atoms with Gasteiger partial charge in [-0.1, -0.05) is 63.9 Å². The number of aliphatic hydroxyl groups is 1. The predicted molar refractivity (Wildman–Crippen MR) is 89.4 cm³/mol. The summed E-state index contributed by atoms with van der Waals surface area (Å²) in [5.41, 5.74) is 1.64. The third-order valence-electron chi connectivity index (χ3n) is 4.87. The Morgan fingerprint density at radius 2 is 1.81 bits per heavy atom. The van der Waals surface area contributed by atoms with Gasteiger partial charge in [0.25, 0.3) is 0 Å². The lowest BCUT2D eigenvalue weighted by molar-refractivity contribution is 0.111. The molecule has 2 N–H and O–H groups in total. The van der Waals surface area contributed by atoms with Gasteiger partial charge < -0.3 is 10.4 Å². The molecule has 2 rings (SSSR count). The van der Waals surface area contributed by atoms with Crippen LogP contribution in [0.3, 0.4) is 0 Å². The van der Waals surface area contributed by atoms with Crippen LogP contribution < -0.4 is 5.32 Å². The molecule has 118 valence electrons. The fourth-order valence-electron chi connectivity index (χ4n) is 3.74. The Hall–Kier alpha value is -0.860. The first-order valence-electron chi connectivity index (χ1n) is 8.41. The van der Waals surface area contributed by atoms with Crippen LogP contribution in [-0.2, 0) is 6.42 Å². The van der Waals surface area contributed by atoms with Crippen molar-refractivity contribution in [3.63, 3.8) is 0 Å². The molecule has 1 fully saturated rings. The summed E-state index contributed by atoms with van der Waals surface area (Å²) in [7, 11) is 0. The van der Waals surface area contributed by atoms with Crippen molar-refractivity contribution in [3.8, 4) is 0 Å². The number of hydrogen-bond acceptors (Lipinski definition) is 2. The van der Waals surface area contributed by atoms with E-state index >= 15 is 0 Å². The van der Waals surface area contributed by atoms with Crippen molar-refractivity contribution in [2.45, 2.75) is 65.0 Å². The third kappa shape index (κ3) is 4.82. The smallest absolute Gasteiger partial charge is 0.0587 e. The second-order valence-corrected chi connectivity index (χ2v) is 7.60. The lowest BCUT2D eigenvalue weighted by atomic mass is 9.69. The molecular formula is C19H31NO. The van der Waals surface area contributed by atoms with E-state index < -0.39 is 0 Å². The van der Waals surface area contributed by atoms with E-state index in [9.17, 15) is 5.11 Å². The van der Waals surface area contributed by atoms with Crippen LogP contribution in [-0.4, -0.2) is 23.8 Å². The van der Waals surface area contributed by atoms with Crippen molar-refractivity contribution in [3.05, 3.63) is 35.9 Å². The molecule has 3 atom stereocenters.